The summed E-state index contributed by atoms with van der Waals surface area (Å²) in [5.41, 5.74) is 2.64. The minimum Gasteiger partial charge on any atom is -0.618 e. The van der Waals surface area contributed by atoms with Gasteiger partial charge in [-0.2, -0.15) is 4.73 Å². The highest BCUT2D eigenvalue weighted by molar-refractivity contribution is 6.30. The number of aromatic nitrogens is 1. The molecule has 3 fully saturated rings. The number of pyridine rings is 1. The van der Waals surface area contributed by atoms with Crippen molar-refractivity contribution < 1.29 is 14.3 Å². The lowest BCUT2D eigenvalue weighted by atomic mass is 9.71. The van der Waals surface area contributed by atoms with Gasteiger partial charge in [-0.05, 0) is 24.1 Å². The number of hydrogen-bond donors (Lipinski definition) is 1. The van der Waals surface area contributed by atoms with Gasteiger partial charge < -0.3 is 14.8 Å². The molecule has 6 rings (SSSR count). The molecule has 160 valence electrons. The lowest BCUT2D eigenvalue weighted by Crippen LogP contribution is -2.67. The first-order valence-electron chi connectivity index (χ1n) is 11.0. The molecule has 31 heavy (non-hydrogen) atoms. The predicted molar refractivity (Wildman–Crippen MR) is 123 cm³/mol. The molecule has 0 saturated carbocycles. The van der Waals surface area contributed by atoms with Crippen LogP contribution >= 0.6 is 11.6 Å². The summed E-state index contributed by atoms with van der Waals surface area (Å²) in [5.74, 6) is 1.02. The Labute approximate surface area is 188 Å². The molecule has 0 amide bonds. The largest absolute Gasteiger partial charge is 0.618 e. The third kappa shape index (κ3) is 3.53. The van der Waals surface area contributed by atoms with Crippen molar-refractivity contribution in [2.24, 2.45) is 11.8 Å². The van der Waals surface area contributed by atoms with E-state index in [2.05, 4.69) is 18.7 Å². The number of benzene rings is 2. The third-order valence-electron chi connectivity index (χ3n) is 7.59. The number of halogens is 1. The average molecular weight is 436 g/mol. The second-order valence-corrected chi connectivity index (χ2v) is 9.66. The molecule has 2 aromatic carbocycles. The fourth-order valence-electron chi connectivity index (χ4n) is 6.07. The van der Waals surface area contributed by atoms with E-state index in [0.29, 0.717) is 17.4 Å². The zero-order valence-corrected chi connectivity index (χ0v) is 18.3. The van der Waals surface area contributed by atoms with Crippen molar-refractivity contribution in [3.63, 3.8) is 0 Å². The molecule has 2 bridgehead atoms. The van der Waals surface area contributed by atoms with Crippen LogP contribution in [0.1, 0.15) is 30.1 Å². The van der Waals surface area contributed by atoms with Crippen LogP contribution in [0.3, 0.4) is 0 Å². The number of fused-ring (bicyclic) bond motifs is 4. The molecule has 0 radical (unpaired) electrons. The van der Waals surface area contributed by atoms with E-state index < -0.39 is 6.10 Å². The Balaban J connectivity index is 1.57. The van der Waals surface area contributed by atoms with Gasteiger partial charge in [-0.15, -0.1) is 6.58 Å². The smallest absolute Gasteiger partial charge is 0.224 e. The molecule has 3 aromatic rings. The molecule has 4 heterocycles. The van der Waals surface area contributed by atoms with Crippen LogP contribution in [0.2, 0.25) is 5.02 Å². The van der Waals surface area contributed by atoms with Gasteiger partial charge in [0.2, 0.25) is 5.52 Å². The van der Waals surface area contributed by atoms with Crippen LogP contribution in [-0.4, -0.2) is 28.7 Å². The van der Waals surface area contributed by atoms with Crippen LogP contribution in [0.15, 0.2) is 73.4 Å². The van der Waals surface area contributed by atoms with E-state index in [9.17, 15) is 10.3 Å². The second kappa shape index (κ2) is 7.94. The number of piperidine rings is 3. The van der Waals surface area contributed by atoms with Gasteiger partial charge in [-0.25, -0.2) is 0 Å². The fraction of sp³-hybridized carbons (Fsp3) is 0.346. The van der Waals surface area contributed by atoms with Crippen molar-refractivity contribution in [1.82, 2.24) is 0 Å². The molecule has 4 nitrogen and oxygen atoms in total. The Bertz CT molecular complexity index is 1130. The number of para-hydroxylation sites is 1. The van der Waals surface area contributed by atoms with Crippen molar-refractivity contribution in [3.8, 4) is 0 Å². The lowest BCUT2D eigenvalue weighted by molar-refractivity contribution is -0.984. The van der Waals surface area contributed by atoms with Crippen LogP contribution in [0.4, 0.5) is 0 Å². The van der Waals surface area contributed by atoms with Gasteiger partial charge in [0.1, 0.15) is 18.7 Å². The molecule has 5 heteroatoms. The average Bonchev–Trinajstić information content (AvgIpc) is 2.79. The van der Waals surface area contributed by atoms with Crippen molar-refractivity contribution in [3.05, 3.63) is 94.8 Å². The zero-order chi connectivity index (χ0) is 21.6. The van der Waals surface area contributed by atoms with Gasteiger partial charge in [0.05, 0.1) is 18.5 Å². The summed E-state index contributed by atoms with van der Waals surface area (Å²) in [4.78, 5) is 0. The Hall–Kier alpha value is -2.40. The third-order valence-corrected chi connectivity index (χ3v) is 7.82. The van der Waals surface area contributed by atoms with Crippen LogP contribution in [0, 0.1) is 17.0 Å². The van der Waals surface area contributed by atoms with E-state index in [4.69, 9.17) is 11.6 Å². The van der Waals surface area contributed by atoms with Crippen molar-refractivity contribution in [2.75, 3.05) is 13.1 Å². The minimum absolute atomic E-state index is 0.0693. The van der Waals surface area contributed by atoms with E-state index in [-0.39, 0.29) is 6.04 Å². The minimum atomic E-state index is -0.640. The van der Waals surface area contributed by atoms with E-state index in [1.165, 1.54) is 11.8 Å². The van der Waals surface area contributed by atoms with Gasteiger partial charge in [0, 0.05) is 47.0 Å². The fourth-order valence-corrected chi connectivity index (χ4v) is 6.29. The summed E-state index contributed by atoms with van der Waals surface area (Å²) in [6, 6.07) is 17.5. The molecule has 3 saturated heterocycles. The van der Waals surface area contributed by atoms with Crippen LogP contribution in [0.25, 0.3) is 10.9 Å². The van der Waals surface area contributed by atoms with Gasteiger partial charge >= 0.3 is 0 Å². The highest BCUT2D eigenvalue weighted by Gasteiger charge is 2.54. The first-order chi connectivity index (χ1) is 15.0. The van der Waals surface area contributed by atoms with Gasteiger partial charge in [0.15, 0.2) is 6.20 Å². The number of aliphatic hydroxyl groups is 1. The molecule has 0 aliphatic carbocycles. The van der Waals surface area contributed by atoms with E-state index >= 15 is 0 Å². The Morgan fingerprint density at radius 1 is 1.23 bits per heavy atom. The highest BCUT2D eigenvalue weighted by Crippen LogP contribution is 2.48. The van der Waals surface area contributed by atoms with Crippen LogP contribution < -0.4 is 4.73 Å². The van der Waals surface area contributed by atoms with E-state index in [1.54, 1.807) is 6.07 Å². The first-order valence-corrected chi connectivity index (χ1v) is 11.4. The summed E-state index contributed by atoms with van der Waals surface area (Å²) in [5, 5.41) is 25.6. The Kier molecular flexibility index (Phi) is 5.25. The molecule has 5 atom stereocenters. The lowest BCUT2D eigenvalue weighted by Gasteiger charge is -2.58. The summed E-state index contributed by atoms with van der Waals surface area (Å²) >= 11 is 6.29. The molecule has 1 N–H and O–H groups in total. The maximum atomic E-state index is 12.3. The van der Waals surface area contributed by atoms with Crippen molar-refractivity contribution >= 4 is 22.5 Å². The quantitative estimate of drug-likeness (QED) is 0.271. The highest BCUT2D eigenvalue weighted by atomic mass is 35.5. The normalized spacial score (nSPS) is 28.5. The number of nitrogens with zero attached hydrogens (tertiary/aromatic N) is 2. The SMILES string of the molecule is C=CC1C[N+]2(Cc3cccc(Cl)c3)CCC1CC2C(O)c1cc[n+]([O-])c2ccccc12. The second-order valence-electron chi connectivity index (χ2n) is 9.22. The number of rotatable bonds is 5. The van der Waals surface area contributed by atoms with Gasteiger partial charge in [-0.3, -0.25) is 0 Å². The number of quaternary nitrogens is 1. The van der Waals surface area contributed by atoms with Gasteiger partial charge in [-0.1, -0.05) is 41.9 Å². The van der Waals surface area contributed by atoms with Crippen LogP contribution in [-0.2, 0) is 6.54 Å². The first kappa shape index (κ1) is 20.5. The zero-order valence-electron chi connectivity index (χ0n) is 17.5. The maximum Gasteiger partial charge on any atom is 0.224 e. The van der Waals surface area contributed by atoms with E-state index in [0.717, 1.165) is 57.7 Å². The molecule has 1 aromatic heterocycles. The summed E-state index contributed by atoms with van der Waals surface area (Å²) in [6.07, 6.45) is 5.09. The Morgan fingerprint density at radius 3 is 2.87 bits per heavy atom. The van der Waals surface area contributed by atoms with Gasteiger partial charge in [0.25, 0.3) is 0 Å². The molecule has 3 aliphatic heterocycles. The molecule has 0 spiro atoms. The molecule has 5 unspecified atom stereocenters. The van der Waals surface area contributed by atoms with Crippen molar-refractivity contribution in [2.45, 2.75) is 31.5 Å². The monoisotopic (exact) mass is 435 g/mol. The summed E-state index contributed by atoms with van der Waals surface area (Å²) in [6.45, 7) is 6.96. The maximum absolute atomic E-state index is 12.3. The van der Waals surface area contributed by atoms with E-state index in [1.807, 2.05) is 42.5 Å². The Morgan fingerprint density at radius 2 is 2.06 bits per heavy atom. The van der Waals surface area contributed by atoms with Crippen LogP contribution in [0.5, 0.6) is 0 Å². The predicted octanol–water partition coefficient (Wildman–Crippen LogP) is 4.77. The molecule has 3 aliphatic rings. The topological polar surface area (TPSA) is 47.2 Å². The number of hydrogen-bond acceptors (Lipinski definition) is 2. The summed E-state index contributed by atoms with van der Waals surface area (Å²) < 4.78 is 1.71. The molecular formula is C26H28ClN2O2+. The standard InChI is InChI=1S/C26H28ClN2O2/c1-2-19-17-29(16-18-6-5-7-21(27)14-18)13-11-20(19)15-25(29)26(30)23-10-12-28(31)24-9-4-3-8-22(23)24/h2-10,12,14,19-20,25-26,30H,1,11,13,15-17H2/q+1. The molecular weight excluding hydrogens is 408 g/mol. The van der Waals surface area contributed by atoms with Crippen molar-refractivity contribution in [1.29, 1.82) is 0 Å². The summed E-state index contributed by atoms with van der Waals surface area (Å²) in [7, 11) is 0. The number of aliphatic hydroxyl groups excluding tert-OH is 1.